The van der Waals surface area contributed by atoms with Gasteiger partial charge in [0.1, 0.15) is 18.1 Å². The quantitative estimate of drug-likeness (QED) is 0.697. The first-order chi connectivity index (χ1) is 16.1. The lowest BCUT2D eigenvalue weighted by atomic mass is 9.99. The van der Waals surface area contributed by atoms with Gasteiger partial charge in [0.05, 0.1) is 9.60 Å². The first-order valence-corrected chi connectivity index (χ1v) is 7.90. The highest BCUT2D eigenvalue weighted by Gasteiger charge is 2.32. The summed E-state index contributed by atoms with van der Waals surface area (Å²) in [5.74, 6) is -5.45. The van der Waals surface area contributed by atoms with Crippen LogP contribution in [0.4, 0.5) is 0 Å². The van der Waals surface area contributed by atoms with E-state index in [0.717, 1.165) is 6.92 Å². The maximum absolute atomic E-state index is 13.4. The monoisotopic (exact) mass is 371 g/mol. The van der Waals surface area contributed by atoms with E-state index in [1.165, 1.54) is 13.8 Å². The molecule has 26 heavy (non-hydrogen) atoms. The van der Waals surface area contributed by atoms with Gasteiger partial charge >= 0.3 is 0 Å². The van der Waals surface area contributed by atoms with Crippen molar-refractivity contribution in [2.75, 3.05) is 13.5 Å². The second kappa shape index (κ2) is 8.31. The molecule has 3 amide bonds. The van der Waals surface area contributed by atoms with E-state index >= 15 is 0 Å². The fourth-order valence-electron chi connectivity index (χ4n) is 2.18. The molecule has 0 bridgehead atoms. The Balaban J connectivity index is 2.66. The third-order valence-corrected chi connectivity index (χ3v) is 3.72. The molecule has 7 nitrogen and oxygen atoms in total. The zero-order valence-electron chi connectivity index (χ0n) is 24.6. The summed E-state index contributed by atoms with van der Waals surface area (Å²) in [4.78, 5) is 39.0. The molecule has 1 aromatic carbocycles. The first kappa shape index (κ1) is 10.1. The van der Waals surface area contributed by atoms with Crippen LogP contribution >= 0.6 is 0 Å². The molecule has 3 N–H and O–H groups in total. The van der Waals surface area contributed by atoms with Gasteiger partial charge in [0.2, 0.25) is 17.7 Å². The molecule has 142 valence electrons. The molecule has 0 radical (unpaired) electrons. The number of carbonyl (C=O) groups excluding carboxylic acids is 3. The van der Waals surface area contributed by atoms with E-state index < -0.39 is 85.0 Å². The Morgan fingerprint density at radius 3 is 2.73 bits per heavy atom. The van der Waals surface area contributed by atoms with Crippen molar-refractivity contribution >= 4 is 17.7 Å². The predicted molar refractivity (Wildman–Crippen MR) is 97.1 cm³/mol. The van der Waals surface area contributed by atoms with Crippen molar-refractivity contribution in [2.45, 2.75) is 45.3 Å². The lowest BCUT2D eigenvalue weighted by molar-refractivity contribution is -0.137. The Morgan fingerprint density at radius 2 is 2.08 bits per heavy atom. The van der Waals surface area contributed by atoms with E-state index in [9.17, 15) is 19.5 Å². The number of carbonyl (C=O) groups is 3. The molecule has 0 aliphatic carbocycles. The maximum atomic E-state index is 13.4. The highest BCUT2D eigenvalue weighted by Crippen LogP contribution is 2.24. The van der Waals surface area contributed by atoms with Crippen molar-refractivity contribution in [3.8, 4) is 0 Å². The van der Waals surface area contributed by atoms with Crippen LogP contribution in [0.15, 0.2) is 24.2 Å². The Hall–Kier alpha value is -2.41. The number of aliphatic hydroxyl groups is 1. The van der Waals surface area contributed by atoms with Gasteiger partial charge in [-0.3, -0.25) is 14.4 Å². The average Bonchev–Trinajstić information content (AvgIpc) is 2.84. The normalized spacial score (nSPS) is 30.7. The maximum Gasteiger partial charge on any atom is 0.249 e. The molecule has 2 rings (SSSR count). The Bertz CT molecular complexity index is 1110. The smallest absolute Gasteiger partial charge is 0.249 e. The average molecular weight is 372 g/mol. The molecule has 0 saturated carbocycles. The Kier molecular flexibility index (Phi) is 3.22. The summed E-state index contributed by atoms with van der Waals surface area (Å²) >= 11 is 0. The van der Waals surface area contributed by atoms with E-state index in [-0.39, 0.29) is 16.9 Å². The minimum atomic E-state index is -3.13. The van der Waals surface area contributed by atoms with Crippen LogP contribution in [-0.4, -0.2) is 53.3 Å². The molecule has 0 spiro atoms. The SMILES string of the molecule is [2H]c1c([2H])c([2H])c2c(c1[2H])CCN(C([2H])([2H])[2H])C(=O)[C@@]2([2H])NC(=O)[C@]([2H])(C)NC(=O)[C@@]([2H])(O)C(C)C. The van der Waals surface area contributed by atoms with Crippen LogP contribution in [0.3, 0.4) is 0 Å². The van der Waals surface area contributed by atoms with E-state index in [1.807, 2.05) is 10.6 Å². The van der Waals surface area contributed by atoms with Crippen LogP contribution in [0.1, 0.15) is 51.6 Å². The summed E-state index contributed by atoms with van der Waals surface area (Å²) < 4.78 is 80.1. The molecular weight excluding hydrogens is 334 g/mol. The number of nitrogens with zero attached hydrogens (tertiary/aromatic N) is 1. The fraction of sp³-hybridized carbons (Fsp3) is 0.526. The van der Waals surface area contributed by atoms with Crippen LogP contribution in [-0.2, 0) is 20.8 Å². The van der Waals surface area contributed by atoms with Gasteiger partial charge in [-0.15, -0.1) is 0 Å². The summed E-state index contributed by atoms with van der Waals surface area (Å²) in [5.41, 5.74) is -0.965. The molecule has 0 aromatic heterocycles. The van der Waals surface area contributed by atoms with E-state index in [1.54, 1.807) is 0 Å². The number of likely N-dealkylation sites (N-methyl/N-ethyl adjacent to an activating group) is 1. The molecule has 1 aliphatic heterocycles. The Morgan fingerprint density at radius 1 is 1.38 bits per heavy atom. The van der Waals surface area contributed by atoms with Gasteiger partial charge in [0.25, 0.3) is 0 Å². The van der Waals surface area contributed by atoms with Crippen molar-refractivity contribution < 1.29 is 33.2 Å². The van der Waals surface area contributed by atoms with Gasteiger partial charge in [-0.25, -0.2) is 0 Å². The van der Waals surface area contributed by atoms with Gasteiger partial charge in [-0.1, -0.05) is 38.0 Å². The number of benzene rings is 1. The van der Waals surface area contributed by atoms with Crippen molar-refractivity contribution in [3.05, 3.63) is 35.3 Å². The molecule has 1 heterocycles. The molecule has 1 aliphatic rings. The fourth-order valence-corrected chi connectivity index (χ4v) is 2.18. The highest BCUT2D eigenvalue weighted by molar-refractivity contribution is 5.93. The molecule has 0 fully saturated rings. The van der Waals surface area contributed by atoms with E-state index in [0.29, 0.717) is 0 Å². The van der Waals surface area contributed by atoms with Gasteiger partial charge in [-0.05, 0) is 30.4 Å². The van der Waals surface area contributed by atoms with Crippen LogP contribution in [0.5, 0.6) is 0 Å². The summed E-state index contributed by atoms with van der Waals surface area (Å²) in [6, 6.07) is -8.84. The second-order valence-electron chi connectivity index (χ2n) is 6.01. The van der Waals surface area contributed by atoms with Crippen LogP contribution in [0, 0.1) is 5.92 Å². The van der Waals surface area contributed by atoms with E-state index in [2.05, 4.69) is 0 Å². The third-order valence-electron chi connectivity index (χ3n) is 3.72. The summed E-state index contributed by atoms with van der Waals surface area (Å²) in [5, 5.41) is 13.7. The van der Waals surface area contributed by atoms with Gasteiger partial charge in [-0.2, -0.15) is 0 Å². The Labute approximate surface area is 167 Å². The zero-order chi connectivity index (χ0) is 28.2. The lowest BCUT2D eigenvalue weighted by Gasteiger charge is -2.24. The highest BCUT2D eigenvalue weighted by atomic mass is 16.3. The van der Waals surface area contributed by atoms with Crippen molar-refractivity contribution in [3.63, 3.8) is 0 Å². The minimum absolute atomic E-state index is 0.271. The molecule has 0 unspecified atom stereocenters. The van der Waals surface area contributed by atoms with E-state index in [4.69, 9.17) is 13.7 Å². The van der Waals surface area contributed by atoms with Crippen molar-refractivity contribution in [1.82, 2.24) is 15.5 Å². The summed E-state index contributed by atoms with van der Waals surface area (Å²) in [6.45, 7) is -0.166. The number of fused-ring (bicyclic) bond motifs is 1. The lowest BCUT2D eigenvalue weighted by Crippen LogP contribution is -2.51. The van der Waals surface area contributed by atoms with Gasteiger partial charge in [0.15, 0.2) is 0 Å². The number of rotatable bonds is 5. The van der Waals surface area contributed by atoms with Crippen LogP contribution in [0.25, 0.3) is 0 Å². The second-order valence-corrected chi connectivity index (χ2v) is 6.01. The topological polar surface area (TPSA) is 98.7 Å². The number of nitrogens with one attached hydrogen (secondary N) is 2. The predicted octanol–water partition coefficient (Wildman–Crippen LogP) is 0.380. The zero-order valence-corrected chi connectivity index (χ0v) is 14.6. The van der Waals surface area contributed by atoms with Crippen LogP contribution < -0.4 is 10.6 Å². The molecular formula is C19H27N3O4. The molecule has 0 saturated heterocycles. The van der Waals surface area contributed by atoms with Crippen LogP contribution in [0.2, 0.25) is 0 Å². The number of hydrogen-bond donors (Lipinski definition) is 3. The largest absolute Gasteiger partial charge is 0.383 e. The summed E-state index contributed by atoms with van der Waals surface area (Å²) in [6.07, 6.45) is -3.11. The molecule has 7 heteroatoms. The number of hydrogen-bond acceptors (Lipinski definition) is 4. The first-order valence-electron chi connectivity index (χ1n) is 12.9. The van der Waals surface area contributed by atoms with Gasteiger partial charge < -0.3 is 20.6 Å². The third kappa shape index (κ3) is 4.40. The molecule has 3 atom stereocenters. The number of amides is 3. The van der Waals surface area contributed by atoms with Crippen molar-refractivity contribution in [1.29, 1.82) is 0 Å². The molecule has 1 aromatic rings. The standard InChI is InChI=1S/C19H27N3O4/c1-11(2)16(23)18(25)20-12(3)17(24)21-15-14-8-6-5-7-13(14)9-10-22(4)19(15)26/h5-8,11-12,15-16,23H,9-10H2,1-4H3,(H,20,25)(H,21,24)/t12-,15-,16-/m0/s1/i4D3,5D,6D,7D,8D,12D,15D,16D. The summed E-state index contributed by atoms with van der Waals surface area (Å²) in [7, 11) is 0. The van der Waals surface area contributed by atoms with Gasteiger partial charge in [0, 0.05) is 17.6 Å². The minimum Gasteiger partial charge on any atom is -0.383 e. The van der Waals surface area contributed by atoms with Crippen molar-refractivity contribution in [2.24, 2.45) is 5.92 Å².